The third kappa shape index (κ3) is 2.08. The van der Waals surface area contributed by atoms with Gasteiger partial charge in [0.05, 0.1) is 13.7 Å². The van der Waals surface area contributed by atoms with Gasteiger partial charge in [-0.3, -0.25) is 10.0 Å². The first-order chi connectivity index (χ1) is 8.02. The number of amides is 1. The van der Waals surface area contributed by atoms with Crippen molar-refractivity contribution in [3.63, 3.8) is 0 Å². The van der Waals surface area contributed by atoms with Crippen LogP contribution in [0.1, 0.15) is 17.9 Å². The molecule has 1 fully saturated rings. The molecule has 1 aromatic rings. The summed E-state index contributed by atoms with van der Waals surface area (Å²) in [7, 11) is 1.31. The third-order valence-electron chi connectivity index (χ3n) is 2.80. The monoisotopic (exact) mass is 243 g/mol. The maximum atomic E-state index is 13.7. The lowest BCUT2D eigenvalue weighted by Gasteiger charge is -2.12. The van der Waals surface area contributed by atoms with Gasteiger partial charge in [-0.2, -0.15) is 0 Å². The molecule has 1 atom stereocenters. The number of carbonyl (C=O) groups excluding carboxylic acids is 1. The molecule has 1 aliphatic heterocycles. The molecular weight excluding hydrogens is 232 g/mol. The van der Waals surface area contributed by atoms with Crippen LogP contribution in [0.3, 0.4) is 0 Å². The second-order valence-electron chi connectivity index (χ2n) is 3.88. The molecule has 2 rings (SSSR count). The number of benzene rings is 1. The van der Waals surface area contributed by atoms with E-state index in [9.17, 15) is 13.6 Å². The van der Waals surface area contributed by atoms with Crippen molar-refractivity contribution in [1.29, 1.82) is 0 Å². The molecule has 0 aromatic heterocycles. The first kappa shape index (κ1) is 11.8. The summed E-state index contributed by atoms with van der Waals surface area (Å²) in [5.41, 5.74) is -0.185. The lowest BCUT2D eigenvalue weighted by Crippen LogP contribution is -2.20. The highest BCUT2D eigenvalue weighted by Gasteiger charge is 2.33. The third-order valence-corrected chi connectivity index (χ3v) is 2.80. The van der Waals surface area contributed by atoms with E-state index in [1.807, 2.05) is 0 Å². The predicted octanol–water partition coefficient (Wildman–Crippen LogP) is 1.68. The number of halogens is 2. The summed E-state index contributed by atoms with van der Waals surface area (Å²) in [5, 5.41) is 9.61. The number of carbonyl (C=O) groups is 1. The molecular formula is C11H11F2NO3. The summed E-state index contributed by atoms with van der Waals surface area (Å²) in [6, 6.07) is 2.12. The molecule has 1 saturated heterocycles. The summed E-state index contributed by atoms with van der Waals surface area (Å²) < 4.78 is 32.1. The van der Waals surface area contributed by atoms with Crippen LogP contribution in [-0.4, -0.2) is 29.8 Å². The Balaban J connectivity index is 2.36. The molecule has 1 N–H and O–H groups in total. The molecule has 92 valence electrons. The minimum atomic E-state index is -0.769. The lowest BCUT2D eigenvalue weighted by atomic mass is 9.97. The molecule has 1 heterocycles. The van der Waals surface area contributed by atoms with Crippen molar-refractivity contribution in [2.24, 2.45) is 0 Å². The van der Waals surface area contributed by atoms with Crippen molar-refractivity contribution in [3.05, 3.63) is 29.3 Å². The van der Waals surface area contributed by atoms with Crippen LogP contribution >= 0.6 is 0 Å². The van der Waals surface area contributed by atoms with Gasteiger partial charge in [0.15, 0.2) is 0 Å². The van der Waals surface area contributed by atoms with Crippen molar-refractivity contribution in [3.8, 4) is 5.75 Å². The topological polar surface area (TPSA) is 49.8 Å². The maximum absolute atomic E-state index is 13.7. The van der Waals surface area contributed by atoms with E-state index in [0.29, 0.717) is 5.06 Å². The fraction of sp³-hybridized carbons (Fsp3) is 0.364. The van der Waals surface area contributed by atoms with Crippen LogP contribution in [0, 0.1) is 11.6 Å². The van der Waals surface area contributed by atoms with E-state index in [2.05, 4.69) is 0 Å². The van der Waals surface area contributed by atoms with Gasteiger partial charge in [-0.15, -0.1) is 0 Å². The highest BCUT2D eigenvalue weighted by molar-refractivity contribution is 5.78. The molecule has 6 heteroatoms. The smallest absolute Gasteiger partial charge is 0.246 e. The minimum Gasteiger partial charge on any atom is -0.497 e. The van der Waals surface area contributed by atoms with Gasteiger partial charge in [0, 0.05) is 30.0 Å². The average Bonchev–Trinajstić information content (AvgIpc) is 2.57. The Morgan fingerprint density at radius 2 is 2.00 bits per heavy atom. The number of rotatable bonds is 2. The van der Waals surface area contributed by atoms with Crippen molar-refractivity contribution in [2.45, 2.75) is 12.3 Å². The first-order valence-electron chi connectivity index (χ1n) is 5.05. The minimum absolute atomic E-state index is 0.0777. The van der Waals surface area contributed by atoms with E-state index < -0.39 is 23.5 Å². The van der Waals surface area contributed by atoms with Gasteiger partial charge in [0.2, 0.25) is 5.91 Å². The van der Waals surface area contributed by atoms with Crippen LogP contribution in [0.4, 0.5) is 8.78 Å². The van der Waals surface area contributed by atoms with Crippen LogP contribution in [0.25, 0.3) is 0 Å². The molecule has 0 bridgehead atoms. The Hall–Kier alpha value is -1.69. The van der Waals surface area contributed by atoms with Crippen LogP contribution in [0.15, 0.2) is 12.1 Å². The zero-order chi connectivity index (χ0) is 12.6. The van der Waals surface area contributed by atoms with Gasteiger partial charge in [-0.05, 0) is 0 Å². The zero-order valence-electron chi connectivity index (χ0n) is 9.11. The van der Waals surface area contributed by atoms with Gasteiger partial charge in [0.1, 0.15) is 17.4 Å². The molecule has 0 saturated carbocycles. The highest BCUT2D eigenvalue weighted by atomic mass is 19.1. The highest BCUT2D eigenvalue weighted by Crippen LogP contribution is 2.32. The number of hydrogen-bond acceptors (Lipinski definition) is 3. The van der Waals surface area contributed by atoms with E-state index in [-0.39, 0.29) is 24.3 Å². The van der Waals surface area contributed by atoms with Crippen LogP contribution in [-0.2, 0) is 4.79 Å². The SMILES string of the molecule is COc1cc(F)c([C@H]2CC(=O)N(O)C2)c(F)c1. The van der Waals surface area contributed by atoms with E-state index in [1.54, 1.807) is 0 Å². The Labute approximate surface area is 96.4 Å². The summed E-state index contributed by atoms with van der Waals surface area (Å²) >= 11 is 0. The molecule has 1 aliphatic rings. The molecule has 1 amide bonds. The lowest BCUT2D eigenvalue weighted by molar-refractivity contribution is -0.157. The molecule has 0 unspecified atom stereocenters. The quantitative estimate of drug-likeness (QED) is 0.804. The van der Waals surface area contributed by atoms with Gasteiger partial charge in [-0.1, -0.05) is 0 Å². The van der Waals surface area contributed by atoms with Crippen molar-refractivity contribution < 1.29 is 23.5 Å². The summed E-state index contributed by atoms with van der Waals surface area (Å²) in [4.78, 5) is 11.1. The predicted molar refractivity (Wildman–Crippen MR) is 53.8 cm³/mol. The normalized spacial score (nSPS) is 19.9. The fourth-order valence-electron chi connectivity index (χ4n) is 1.95. The van der Waals surface area contributed by atoms with Gasteiger partial charge < -0.3 is 4.74 Å². The van der Waals surface area contributed by atoms with E-state index in [1.165, 1.54) is 7.11 Å². The summed E-state index contributed by atoms with van der Waals surface area (Å²) in [6.45, 7) is -0.0982. The first-order valence-corrected chi connectivity index (χ1v) is 5.05. The number of hydrogen-bond donors (Lipinski definition) is 1. The Morgan fingerprint density at radius 3 is 2.41 bits per heavy atom. The molecule has 4 nitrogen and oxygen atoms in total. The van der Waals surface area contributed by atoms with Crippen LogP contribution in [0.2, 0.25) is 0 Å². The number of methoxy groups -OCH3 is 1. The second-order valence-corrected chi connectivity index (χ2v) is 3.88. The van der Waals surface area contributed by atoms with Crippen LogP contribution in [0.5, 0.6) is 5.75 Å². The van der Waals surface area contributed by atoms with Crippen molar-refractivity contribution >= 4 is 5.91 Å². The fourth-order valence-corrected chi connectivity index (χ4v) is 1.95. The van der Waals surface area contributed by atoms with Crippen molar-refractivity contribution in [2.75, 3.05) is 13.7 Å². The average molecular weight is 243 g/mol. The largest absolute Gasteiger partial charge is 0.497 e. The Morgan fingerprint density at radius 1 is 1.41 bits per heavy atom. The van der Waals surface area contributed by atoms with E-state index in [0.717, 1.165) is 12.1 Å². The molecule has 0 spiro atoms. The maximum Gasteiger partial charge on any atom is 0.246 e. The molecule has 0 radical (unpaired) electrons. The zero-order valence-corrected chi connectivity index (χ0v) is 9.11. The van der Waals surface area contributed by atoms with Crippen molar-refractivity contribution in [1.82, 2.24) is 5.06 Å². The molecule has 1 aromatic carbocycles. The van der Waals surface area contributed by atoms with E-state index >= 15 is 0 Å². The van der Waals surface area contributed by atoms with Crippen LogP contribution < -0.4 is 4.74 Å². The second kappa shape index (κ2) is 4.29. The van der Waals surface area contributed by atoms with Gasteiger partial charge >= 0.3 is 0 Å². The standard InChI is InChI=1S/C11H11F2NO3/c1-17-7-3-8(12)11(9(13)4-7)6-2-10(15)14(16)5-6/h3-4,6,16H,2,5H2,1H3/t6-/m0/s1. The number of nitrogens with zero attached hydrogens (tertiary/aromatic N) is 1. The number of ether oxygens (including phenoxy) is 1. The van der Waals surface area contributed by atoms with E-state index in [4.69, 9.17) is 9.94 Å². The molecule has 17 heavy (non-hydrogen) atoms. The Kier molecular flexibility index (Phi) is 2.97. The Bertz CT molecular complexity index is 441. The van der Waals surface area contributed by atoms with Gasteiger partial charge in [0.25, 0.3) is 0 Å². The summed E-state index contributed by atoms with van der Waals surface area (Å²) in [5.74, 6) is -2.66. The molecule has 0 aliphatic carbocycles. The number of hydroxylamine groups is 2. The summed E-state index contributed by atoms with van der Waals surface area (Å²) in [6.07, 6.45) is -0.101. The van der Waals surface area contributed by atoms with Gasteiger partial charge in [-0.25, -0.2) is 13.8 Å².